The fraction of sp³-hybridized carbons (Fsp3) is 0.111. The van der Waals surface area contributed by atoms with E-state index in [0.717, 1.165) is 12.1 Å². The van der Waals surface area contributed by atoms with Crippen LogP contribution in [0.5, 0.6) is 0 Å². The van der Waals surface area contributed by atoms with Crippen molar-refractivity contribution in [3.8, 4) is 0 Å². The van der Waals surface area contributed by atoms with E-state index in [2.05, 4.69) is 9.98 Å². The lowest BCUT2D eigenvalue weighted by molar-refractivity contribution is -0.139. The van der Waals surface area contributed by atoms with Crippen molar-refractivity contribution in [3.05, 3.63) is 29.6 Å². The Morgan fingerprint density at radius 3 is 2.22 bits per heavy atom. The lowest BCUT2D eigenvalue weighted by atomic mass is 10.2. The summed E-state index contributed by atoms with van der Waals surface area (Å²) in [6.45, 7) is 0. The fourth-order valence-corrected chi connectivity index (χ4v) is 1.11. The first-order valence-corrected chi connectivity index (χ1v) is 4.51. The topological polar surface area (TPSA) is 103 Å². The first-order valence-electron chi connectivity index (χ1n) is 4.51. The van der Waals surface area contributed by atoms with E-state index < -0.39 is 35.2 Å². The molecule has 5 nitrogen and oxygen atoms in total. The molecule has 0 aliphatic carbocycles. The van der Waals surface area contributed by atoms with Gasteiger partial charge in [-0.2, -0.15) is 18.2 Å². The van der Waals surface area contributed by atoms with Gasteiger partial charge >= 0.3 is 6.18 Å². The molecule has 0 amide bonds. The van der Waals surface area contributed by atoms with Gasteiger partial charge in [-0.25, -0.2) is 9.38 Å². The molecule has 98 valence electrons. The van der Waals surface area contributed by atoms with Gasteiger partial charge in [-0.15, -0.1) is 0 Å². The Hall–Kier alpha value is -2.32. The molecule has 0 radical (unpaired) electrons. The number of hydrogen-bond acceptors (Lipinski definition) is 1. The lowest BCUT2D eigenvalue weighted by Gasteiger charge is -2.08. The second-order valence-corrected chi connectivity index (χ2v) is 3.14. The first-order chi connectivity index (χ1) is 8.21. The summed E-state index contributed by atoms with van der Waals surface area (Å²) >= 11 is 0. The first kappa shape index (κ1) is 13.7. The second kappa shape index (κ2) is 4.90. The summed E-state index contributed by atoms with van der Waals surface area (Å²) < 4.78 is 50.6. The summed E-state index contributed by atoms with van der Waals surface area (Å²) in [5, 5.41) is 0. The average Bonchev–Trinajstić information content (AvgIpc) is 2.18. The molecule has 6 N–H and O–H groups in total. The van der Waals surface area contributed by atoms with Crippen LogP contribution in [0.1, 0.15) is 5.56 Å². The van der Waals surface area contributed by atoms with Gasteiger partial charge in [0.25, 0.3) is 0 Å². The lowest BCUT2D eigenvalue weighted by Crippen LogP contribution is -2.26. The van der Waals surface area contributed by atoms with Crippen LogP contribution < -0.4 is 17.2 Å². The van der Waals surface area contributed by atoms with E-state index in [9.17, 15) is 17.6 Å². The minimum Gasteiger partial charge on any atom is -0.370 e. The summed E-state index contributed by atoms with van der Waals surface area (Å²) in [6, 6.07) is 2.60. The fourth-order valence-electron chi connectivity index (χ4n) is 1.11. The number of hydrogen-bond donors (Lipinski definition) is 3. The molecule has 0 bridgehead atoms. The molecule has 0 atom stereocenters. The van der Waals surface area contributed by atoms with Gasteiger partial charge in [-0.05, 0) is 12.1 Å². The van der Waals surface area contributed by atoms with E-state index in [4.69, 9.17) is 17.2 Å². The van der Waals surface area contributed by atoms with E-state index in [0.29, 0.717) is 6.07 Å². The Balaban J connectivity index is 3.25. The van der Waals surface area contributed by atoms with Gasteiger partial charge in [-0.1, -0.05) is 6.07 Å². The minimum absolute atomic E-state index is 0.441. The van der Waals surface area contributed by atoms with Crippen molar-refractivity contribution in [3.63, 3.8) is 0 Å². The number of benzene rings is 1. The van der Waals surface area contributed by atoms with Crippen LogP contribution in [0.2, 0.25) is 0 Å². The Labute approximate surface area is 99.0 Å². The number of rotatable bonds is 1. The molecule has 0 saturated heterocycles. The molecule has 0 aliphatic rings. The molecule has 1 aromatic carbocycles. The highest BCUT2D eigenvalue weighted by molar-refractivity contribution is 5.93. The SMILES string of the molecule is NC(N)=NC(N)=Nc1cccc(C(F)(F)F)c1F. The molecule has 0 spiro atoms. The Bertz CT molecular complexity index is 502. The third-order valence-electron chi connectivity index (χ3n) is 1.76. The average molecular weight is 263 g/mol. The van der Waals surface area contributed by atoms with Crippen LogP contribution in [-0.4, -0.2) is 11.9 Å². The zero-order valence-electron chi connectivity index (χ0n) is 8.87. The molecule has 9 heteroatoms. The zero-order chi connectivity index (χ0) is 13.9. The van der Waals surface area contributed by atoms with E-state index in [1.807, 2.05) is 0 Å². The van der Waals surface area contributed by atoms with Crippen molar-refractivity contribution in [1.29, 1.82) is 0 Å². The van der Waals surface area contributed by atoms with E-state index in [1.165, 1.54) is 0 Å². The van der Waals surface area contributed by atoms with Crippen LogP contribution >= 0.6 is 0 Å². The maximum atomic E-state index is 13.5. The van der Waals surface area contributed by atoms with E-state index in [-0.39, 0.29) is 0 Å². The predicted molar refractivity (Wildman–Crippen MR) is 58.5 cm³/mol. The molecule has 0 fully saturated rings. The molecule has 1 aromatic rings. The third-order valence-corrected chi connectivity index (χ3v) is 1.76. The Morgan fingerprint density at radius 2 is 1.72 bits per heavy atom. The molecule has 0 heterocycles. The summed E-state index contributed by atoms with van der Waals surface area (Å²) in [5.41, 5.74) is 13.1. The van der Waals surface area contributed by atoms with Crippen LogP contribution in [-0.2, 0) is 6.18 Å². The van der Waals surface area contributed by atoms with Gasteiger partial charge in [0.05, 0.1) is 5.56 Å². The standard InChI is InChI=1S/C9H9F4N5/c10-6-4(9(11,12)13)2-1-3-5(6)17-8(16)18-7(14)15/h1-3H,(H6,14,15,16,17,18). The normalized spacial score (nSPS) is 12.3. The van der Waals surface area contributed by atoms with Crippen molar-refractivity contribution in [2.24, 2.45) is 27.2 Å². The van der Waals surface area contributed by atoms with Crippen molar-refractivity contribution < 1.29 is 17.6 Å². The number of alkyl halides is 3. The predicted octanol–water partition coefficient (Wildman–Crippen LogP) is 1.06. The van der Waals surface area contributed by atoms with Crippen molar-refractivity contribution in [2.75, 3.05) is 0 Å². The molecular formula is C9H9F4N5. The smallest absolute Gasteiger partial charge is 0.370 e. The van der Waals surface area contributed by atoms with Crippen LogP contribution in [0.4, 0.5) is 23.2 Å². The highest BCUT2D eigenvalue weighted by Gasteiger charge is 2.34. The number of guanidine groups is 2. The van der Waals surface area contributed by atoms with E-state index >= 15 is 0 Å². The van der Waals surface area contributed by atoms with Gasteiger partial charge in [0, 0.05) is 0 Å². The number of nitrogens with zero attached hydrogens (tertiary/aromatic N) is 2. The maximum Gasteiger partial charge on any atom is 0.419 e. The molecule has 0 aliphatic heterocycles. The van der Waals surface area contributed by atoms with Gasteiger partial charge in [0.15, 0.2) is 11.8 Å². The van der Waals surface area contributed by atoms with Crippen LogP contribution in [0.15, 0.2) is 28.2 Å². The van der Waals surface area contributed by atoms with Crippen LogP contribution in [0, 0.1) is 5.82 Å². The van der Waals surface area contributed by atoms with Crippen molar-refractivity contribution in [1.82, 2.24) is 0 Å². The van der Waals surface area contributed by atoms with Gasteiger partial charge in [-0.3, -0.25) is 0 Å². The summed E-state index contributed by atoms with van der Waals surface area (Å²) in [4.78, 5) is 6.60. The second-order valence-electron chi connectivity index (χ2n) is 3.14. The highest BCUT2D eigenvalue weighted by atomic mass is 19.4. The number of halogens is 4. The monoisotopic (exact) mass is 263 g/mol. The van der Waals surface area contributed by atoms with Crippen molar-refractivity contribution in [2.45, 2.75) is 6.18 Å². The van der Waals surface area contributed by atoms with Crippen LogP contribution in [0.3, 0.4) is 0 Å². The van der Waals surface area contributed by atoms with Gasteiger partial charge in [0.1, 0.15) is 5.69 Å². The summed E-state index contributed by atoms with van der Waals surface area (Å²) in [7, 11) is 0. The summed E-state index contributed by atoms with van der Waals surface area (Å²) in [6.07, 6.45) is -4.82. The Kier molecular flexibility index (Phi) is 3.74. The van der Waals surface area contributed by atoms with Gasteiger partial charge in [0.2, 0.25) is 5.96 Å². The largest absolute Gasteiger partial charge is 0.419 e. The van der Waals surface area contributed by atoms with Crippen molar-refractivity contribution >= 4 is 17.6 Å². The summed E-state index contributed by atoms with van der Waals surface area (Å²) in [5.74, 6) is -2.53. The number of nitrogens with two attached hydrogens (primary N) is 3. The molecule has 0 unspecified atom stereocenters. The molecule has 1 rings (SSSR count). The van der Waals surface area contributed by atoms with E-state index in [1.54, 1.807) is 0 Å². The molecular weight excluding hydrogens is 254 g/mol. The molecule has 0 aromatic heterocycles. The Morgan fingerprint density at radius 1 is 1.11 bits per heavy atom. The molecule has 18 heavy (non-hydrogen) atoms. The molecule has 0 saturated carbocycles. The highest BCUT2D eigenvalue weighted by Crippen LogP contribution is 2.34. The van der Waals surface area contributed by atoms with Crippen LogP contribution in [0.25, 0.3) is 0 Å². The minimum atomic E-state index is -4.82. The maximum absolute atomic E-state index is 13.5. The number of aliphatic imine (C=N–C) groups is 2. The van der Waals surface area contributed by atoms with Gasteiger partial charge < -0.3 is 17.2 Å². The zero-order valence-corrected chi connectivity index (χ0v) is 8.87. The third kappa shape index (κ3) is 3.34. The quantitative estimate of drug-likeness (QED) is 0.401.